The molecule has 0 aliphatic carbocycles. The van der Waals surface area contributed by atoms with E-state index in [-0.39, 0.29) is 30.4 Å². The Morgan fingerprint density at radius 2 is 1.73 bits per heavy atom. The third-order valence-electron chi connectivity index (χ3n) is 3.90. The van der Waals surface area contributed by atoms with E-state index < -0.39 is 0 Å². The van der Waals surface area contributed by atoms with Crippen LogP contribution < -0.4 is 5.32 Å². The summed E-state index contributed by atoms with van der Waals surface area (Å²) in [5.74, 6) is -0.0701. The van der Waals surface area contributed by atoms with E-state index in [9.17, 15) is 9.59 Å². The van der Waals surface area contributed by atoms with E-state index in [4.69, 9.17) is 4.74 Å². The summed E-state index contributed by atoms with van der Waals surface area (Å²) in [7, 11) is 5.19. The molecule has 2 amide bonds. The molecule has 1 saturated heterocycles. The second kappa shape index (κ2) is 8.45. The summed E-state index contributed by atoms with van der Waals surface area (Å²) in [6.45, 7) is 8.56. The molecule has 0 saturated carbocycles. The largest absolute Gasteiger partial charge is 0.379 e. The van der Waals surface area contributed by atoms with Gasteiger partial charge < -0.3 is 15.0 Å². The molecule has 1 rings (SSSR count). The van der Waals surface area contributed by atoms with Crippen LogP contribution in [0.4, 0.5) is 0 Å². The summed E-state index contributed by atoms with van der Waals surface area (Å²) in [6.07, 6.45) is 0. The molecular weight excluding hydrogens is 284 g/mol. The maximum absolute atomic E-state index is 12.0. The van der Waals surface area contributed by atoms with Crippen molar-refractivity contribution < 1.29 is 14.3 Å². The molecular formula is C15H30N4O3. The van der Waals surface area contributed by atoms with E-state index in [0.717, 1.165) is 26.3 Å². The quantitative estimate of drug-likeness (QED) is 0.669. The molecule has 1 aliphatic rings. The number of nitrogens with zero attached hydrogens (tertiary/aromatic N) is 3. The topological polar surface area (TPSA) is 65.1 Å². The smallest absolute Gasteiger partial charge is 0.236 e. The standard InChI is InChI=1S/C15H30N4O3/c1-15(2,19-6-8-22-9-7-19)12-16-13(20)10-18(5)11-14(21)17(3)4/h6-12H2,1-5H3,(H,16,20). The molecule has 0 aromatic heterocycles. The number of ether oxygens (including phenoxy) is 1. The van der Waals surface area contributed by atoms with Crippen molar-refractivity contribution in [1.29, 1.82) is 0 Å². The van der Waals surface area contributed by atoms with E-state index in [1.807, 2.05) is 0 Å². The molecule has 7 nitrogen and oxygen atoms in total. The number of morpholine rings is 1. The van der Waals surface area contributed by atoms with Gasteiger partial charge in [0.25, 0.3) is 0 Å². The zero-order valence-corrected chi connectivity index (χ0v) is 14.5. The van der Waals surface area contributed by atoms with Gasteiger partial charge in [0.2, 0.25) is 11.8 Å². The van der Waals surface area contributed by atoms with E-state index in [2.05, 4.69) is 24.1 Å². The van der Waals surface area contributed by atoms with Crippen LogP contribution in [-0.4, -0.2) is 99.1 Å². The van der Waals surface area contributed by atoms with E-state index in [1.54, 1.807) is 26.0 Å². The number of nitrogens with one attached hydrogen (secondary N) is 1. The first-order valence-electron chi connectivity index (χ1n) is 7.70. The van der Waals surface area contributed by atoms with Crippen molar-refractivity contribution in [2.75, 3.05) is 67.1 Å². The average Bonchev–Trinajstić information content (AvgIpc) is 2.46. The van der Waals surface area contributed by atoms with Crippen molar-refractivity contribution in [2.45, 2.75) is 19.4 Å². The van der Waals surface area contributed by atoms with Crippen LogP contribution in [0.5, 0.6) is 0 Å². The number of amides is 2. The van der Waals surface area contributed by atoms with Crippen LogP contribution in [-0.2, 0) is 14.3 Å². The fourth-order valence-corrected chi connectivity index (χ4v) is 2.32. The zero-order chi connectivity index (χ0) is 16.8. The molecule has 0 aromatic carbocycles. The summed E-state index contributed by atoms with van der Waals surface area (Å²) in [5.41, 5.74) is -0.0997. The number of hydrogen-bond donors (Lipinski definition) is 1. The van der Waals surface area contributed by atoms with Crippen molar-refractivity contribution in [3.63, 3.8) is 0 Å². The maximum atomic E-state index is 12.0. The lowest BCUT2D eigenvalue weighted by Crippen LogP contribution is -2.56. The maximum Gasteiger partial charge on any atom is 0.236 e. The summed E-state index contributed by atoms with van der Waals surface area (Å²) < 4.78 is 5.36. The van der Waals surface area contributed by atoms with E-state index >= 15 is 0 Å². The predicted molar refractivity (Wildman–Crippen MR) is 85.7 cm³/mol. The molecule has 0 atom stereocenters. The summed E-state index contributed by atoms with van der Waals surface area (Å²) >= 11 is 0. The summed E-state index contributed by atoms with van der Waals surface area (Å²) in [6, 6.07) is 0. The lowest BCUT2D eigenvalue weighted by atomic mass is 10.0. The Kier molecular flexibility index (Phi) is 7.25. The Morgan fingerprint density at radius 1 is 1.14 bits per heavy atom. The molecule has 128 valence electrons. The molecule has 1 aliphatic heterocycles. The first-order valence-corrected chi connectivity index (χ1v) is 7.70. The highest BCUT2D eigenvalue weighted by molar-refractivity contribution is 5.80. The van der Waals surface area contributed by atoms with Crippen molar-refractivity contribution >= 4 is 11.8 Å². The number of carbonyl (C=O) groups excluding carboxylic acids is 2. The van der Waals surface area contributed by atoms with E-state index in [1.165, 1.54) is 4.90 Å². The van der Waals surface area contributed by atoms with Gasteiger partial charge in [-0.15, -0.1) is 0 Å². The predicted octanol–water partition coefficient (Wildman–Crippen LogP) is -0.767. The molecule has 0 spiro atoms. The molecule has 1 fully saturated rings. The van der Waals surface area contributed by atoms with Crippen LogP contribution in [0.15, 0.2) is 0 Å². The van der Waals surface area contributed by atoms with Crippen molar-refractivity contribution in [2.24, 2.45) is 0 Å². The average molecular weight is 314 g/mol. The normalized spacial score (nSPS) is 16.6. The Bertz CT molecular complexity index is 379. The lowest BCUT2D eigenvalue weighted by Gasteiger charge is -2.40. The van der Waals surface area contributed by atoms with Crippen LogP contribution in [0.2, 0.25) is 0 Å². The highest BCUT2D eigenvalue weighted by Crippen LogP contribution is 2.14. The highest BCUT2D eigenvalue weighted by atomic mass is 16.5. The highest BCUT2D eigenvalue weighted by Gasteiger charge is 2.28. The summed E-state index contributed by atoms with van der Waals surface area (Å²) in [5, 5.41) is 2.97. The Hall–Kier alpha value is -1.18. The van der Waals surface area contributed by atoms with Gasteiger partial charge in [0.05, 0.1) is 26.3 Å². The van der Waals surface area contributed by atoms with Gasteiger partial charge in [0, 0.05) is 39.3 Å². The minimum absolute atomic E-state index is 0.0102. The van der Waals surface area contributed by atoms with Gasteiger partial charge in [-0.2, -0.15) is 0 Å². The number of hydrogen-bond acceptors (Lipinski definition) is 5. The number of rotatable bonds is 7. The first-order chi connectivity index (χ1) is 10.2. The van der Waals surface area contributed by atoms with Crippen LogP contribution in [0.3, 0.4) is 0 Å². The SMILES string of the molecule is CN(CC(=O)NCC(C)(C)N1CCOCC1)CC(=O)N(C)C. The molecule has 1 N–H and O–H groups in total. The van der Waals surface area contributed by atoms with Crippen LogP contribution in [0, 0.1) is 0 Å². The van der Waals surface area contributed by atoms with Gasteiger partial charge >= 0.3 is 0 Å². The second-order valence-electron chi connectivity index (χ2n) is 6.65. The van der Waals surface area contributed by atoms with Crippen molar-refractivity contribution in [3.8, 4) is 0 Å². The number of likely N-dealkylation sites (N-methyl/N-ethyl adjacent to an activating group) is 2. The van der Waals surface area contributed by atoms with Crippen molar-refractivity contribution in [3.05, 3.63) is 0 Å². The van der Waals surface area contributed by atoms with Gasteiger partial charge in [0.1, 0.15) is 0 Å². The first kappa shape index (κ1) is 18.9. The third kappa shape index (κ3) is 6.29. The van der Waals surface area contributed by atoms with Gasteiger partial charge in [-0.25, -0.2) is 0 Å². The fourth-order valence-electron chi connectivity index (χ4n) is 2.32. The Labute approximate surface area is 133 Å². The molecule has 0 bridgehead atoms. The number of carbonyl (C=O) groups is 2. The van der Waals surface area contributed by atoms with Gasteiger partial charge in [-0.1, -0.05) is 0 Å². The minimum Gasteiger partial charge on any atom is -0.379 e. The molecule has 7 heteroatoms. The van der Waals surface area contributed by atoms with E-state index in [0.29, 0.717) is 6.54 Å². The summed E-state index contributed by atoms with van der Waals surface area (Å²) in [4.78, 5) is 29.2. The molecule has 22 heavy (non-hydrogen) atoms. The second-order valence-corrected chi connectivity index (χ2v) is 6.65. The molecule has 0 unspecified atom stereocenters. The van der Waals surface area contributed by atoms with Gasteiger partial charge in [-0.05, 0) is 20.9 Å². The third-order valence-corrected chi connectivity index (χ3v) is 3.90. The molecule has 1 heterocycles. The lowest BCUT2D eigenvalue weighted by molar-refractivity contribution is -0.130. The van der Waals surface area contributed by atoms with Crippen LogP contribution in [0.25, 0.3) is 0 Å². The van der Waals surface area contributed by atoms with Gasteiger partial charge in [0.15, 0.2) is 0 Å². The monoisotopic (exact) mass is 314 g/mol. The van der Waals surface area contributed by atoms with Gasteiger partial charge in [-0.3, -0.25) is 19.4 Å². The fraction of sp³-hybridized carbons (Fsp3) is 0.867. The molecule has 0 aromatic rings. The van der Waals surface area contributed by atoms with Crippen LogP contribution in [0.1, 0.15) is 13.8 Å². The molecule has 0 radical (unpaired) electrons. The minimum atomic E-state index is -0.0997. The van der Waals surface area contributed by atoms with Crippen molar-refractivity contribution in [1.82, 2.24) is 20.0 Å². The Morgan fingerprint density at radius 3 is 2.27 bits per heavy atom. The van der Waals surface area contributed by atoms with Crippen LogP contribution >= 0.6 is 0 Å². The Balaban J connectivity index is 2.33. The zero-order valence-electron chi connectivity index (χ0n) is 14.5.